The van der Waals surface area contributed by atoms with Gasteiger partial charge in [-0.05, 0) is 37.3 Å². The van der Waals surface area contributed by atoms with Gasteiger partial charge in [-0.1, -0.05) is 6.07 Å². The molecule has 1 saturated heterocycles. The van der Waals surface area contributed by atoms with Crippen LogP contribution in [0.5, 0.6) is 5.88 Å². The number of carbonyl (C=O) groups excluding carboxylic acids is 3. The molecule has 1 aliphatic rings. The molecule has 0 spiro atoms. The Morgan fingerprint density at radius 3 is 2.69 bits per heavy atom. The number of carbonyl (C=O) groups is 3. The molecule has 1 aromatic heterocycles. The Balaban J connectivity index is 1.64. The summed E-state index contributed by atoms with van der Waals surface area (Å²) in [6.45, 7) is 2.62. The van der Waals surface area contributed by atoms with Crippen molar-refractivity contribution < 1.29 is 19.1 Å². The first kappa shape index (κ1) is 17.4. The number of aromatic nitrogens is 1. The monoisotopic (exact) mass is 354 g/mol. The van der Waals surface area contributed by atoms with Crippen molar-refractivity contribution in [3.8, 4) is 5.88 Å². The van der Waals surface area contributed by atoms with Crippen LogP contribution in [0.25, 0.3) is 0 Å². The fourth-order valence-electron chi connectivity index (χ4n) is 2.55. The van der Waals surface area contributed by atoms with Gasteiger partial charge < -0.3 is 10.1 Å². The average Bonchev–Trinajstić information content (AvgIpc) is 2.99. The molecule has 8 heteroatoms. The molecule has 0 aliphatic carbocycles. The fraction of sp³-hybridized carbons (Fsp3) is 0.222. The van der Waals surface area contributed by atoms with Crippen LogP contribution in [0, 0.1) is 0 Å². The SMILES string of the molecule is CCOc1ncccc1CNC(=O)c1ccc(N2CC(=O)NC2=O)cc1. The number of hydrogen-bond acceptors (Lipinski definition) is 5. The van der Waals surface area contributed by atoms with E-state index in [4.69, 9.17) is 4.74 Å². The van der Waals surface area contributed by atoms with Crippen LogP contribution in [0.4, 0.5) is 10.5 Å². The minimum atomic E-state index is -0.466. The summed E-state index contributed by atoms with van der Waals surface area (Å²) in [4.78, 5) is 40.7. The number of ether oxygens (including phenoxy) is 1. The zero-order valence-corrected chi connectivity index (χ0v) is 14.2. The van der Waals surface area contributed by atoms with E-state index in [1.807, 2.05) is 13.0 Å². The van der Waals surface area contributed by atoms with Gasteiger partial charge in [-0.3, -0.25) is 19.8 Å². The lowest BCUT2D eigenvalue weighted by atomic mass is 10.1. The third-order valence-electron chi connectivity index (χ3n) is 3.80. The standard InChI is InChI=1S/C18H18N4O4/c1-2-26-17-13(4-3-9-19-17)10-20-16(24)12-5-7-14(8-6-12)22-11-15(23)21-18(22)25/h3-9H,2,10-11H2,1H3,(H,20,24)(H,21,23,25). The highest BCUT2D eigenvalue weighted by atomic mass is 16.5. The first-order chi connectivity index (χ1) is 12.6. The normalized spacial score (nSPS) is 13.5. The Morgan fingerprint density at radius 1 is 1.27 bits per heavy atom. The van der Waals surface area contributed by atoms with Crippen molar-refractivity contribution in [2.45, 2.75) is 13.5 Å². The first-order valence-corrected chi connectivity index (χ1v) is 8.14. The molecule has 3 rings (SSSR count). The molecule has 134 valence electrons. The van der Waals surface area contributed by atoms with E-state index in [0.29, 0.717) is 23.7 Å². The lowest BCUT2D eigenvalue weighted by molar-refractivity contribution is -0.117. The highest BCUT2D eigenvalue weighted by molar-refractivity contribution is 6.12. The van der Waals surface area contributed by atoms with Crippen molar-refractivity contribution in [2.24, 2.45) is 0 Å². The Hall–Kier alpha value is -3.42. The van der Waals surface area contributed by atoms with E-state index in [9.17, 15) is 14.4 Å². The van der Waals surface area contributed by atoms with Gasteiger partial charge in [0.2, 0.25) is 11.8 Å². The van der Waals surface area contributed by atoms with Crippen LogP contribution >= 0.6 is 0 Å². The van der Waals surface area contributed by atoms with E-state index in [1.54, 1.807) is 36.5 Å². The van der Waals surface area contributed by atoms with Gasteiger partial charge in [0.15, 0.2) is 0 Å². The molecule has 0 unspecified atom stereocenters. The van der Waals surface area contributed by atoms with E-state index >= 15 is 0 Å². The summed E-state index contributed by atoms with van der Waals surface area (Å²) in [7, 11) is 0. The Labute approximate surface area is 150 Å². The van der Waals surface area contributed by atoms with Crippen LogP contribution in [0.3, 0.4) is 0 Å². The zero-order valence-electron chi connectivity index (χ0n) is 14.2. The maximum atomic E-state index is 12.3. The highest BCUT2D eigenvalue weighted by Gasteiger charge is 2.27. The smallest absolute Gasteiger partial charge is 0.329 e. The lowest BCUT2D eigenvalue weighted by Gasteiger charge is -2.14. The molecule has 8 nitrogen and oxygen atoms in total. The van der Waals surface area contributed by atoms with Crippen LogP contribution in [0.15, 0.2) is 42.6 Å². The molecule has 26 heavy (non-hydrogen) atoms. The van der Waals surface area contributed by atoms with Crippen LogP contribution in [0.2, 0.25) is 0 Å². The van der Waals surface area contributed by atoms with Crippen molar-refractivity contribution in [2.75, 3.05) is 18.1 Å². The number of pyridine rings is 1. The summed E-state index contributed by atoms with van der Waals surface area (Å²) in [6.07, 6.45) is 1.63. The van der Waals surface area contributed by atoms with E-state index < -0.39 is 6.03 Å². The summed E-state index contributed by atoms with van der Waals surface area (Å²) < 4.78 is 5.43. The number of hydrogen-bond donors (Lipinski definition) is 2. The molecule has 1 aromatic carbocycles. The van der Waals surface area contributed by atoms with Crippen molar-refractivity contribution in [3.63, 3.8) is 0 Å². The zero-order chi connectivity index (χ0) is 18.5. The second-order valence-corrected chi connectivity index (χ2v) is 5.57. The van der Waals surface area contributed by atoms with E-state index in [-0.39, 0.29) is 24.9 Å². The number of amides is 4. The maximum absolute atomic E-state index is 12.3. The molecule has 4 amide bonds. The topological polar surface area (TPSA) is 101 Å². The van der Waals surface area contributed by atoms with Crippen molar-refractivity contribution >= 4 is 23.5 Å². The fourth-order valence-corrected chi connectivity index (χ4v) is 2.55. The number of nitrogens with one attached hydrogen (secondary N) is 2. The number of urea groups is 1. The van der Waals surface area contributed by atoms with E-state index in [1.165, 1.54) is 4.90 Å². The van der Waals surface area contributed by atoms with Gasteiger partial charge >= 0.3 is 6.03 Å². The van der Waals surface area contributed by atoms with Crippen molar-refractivity contribution in [3.05, 3.63) is 53.7 Å². The largest absolute Gasteiger partial charge is 0.478 e. The molecule has 0 atom stereocenters. The summed E-state index contributed by atoms with van der Waals surface area (Å²) >= 11 is 0. The van der Waals surface area contributed by atoms with Crippen LogP contribution in [-0.2, 0) is 11.3 Å². The van der Waals surface area contributed by atoms with Crippen LogP contribution < -0.4 is 20.3 Å². The van der Waals surface area contributed by atoms with Crippen molar-refractivity contribution in [1.82, 2.24) is 15.6 Å². The minimum absolute atomic E-state index is 0.0222. The Bertz CT molecular complexity index is 835. The molecule has 2 N–H and O–H groups in total. The number of anilines is 1. The van der Waals surface area contributed by atoms with E-state index in [2.05, 4.69) is 15.6 Å². The third kappa shape index (κ3) is 3.80. The number of rotatable bonds is 6. The first-order valence-electron chi connectivity index (χ1n) is 8.14. The maximum Gasteiger partial charge on any atom is 0.329 e. The van der Waals surface area contributed by atoms with Crippen LogP contribution in [0.1, 0.15) is 22.8 Å². The predicted octanol–water partition coefficient (Wildman–Crippen LogP) is 1.47. The molecular formula is C18H18N4O4. The lowest BCUT2D eigenvalue weighted by Crippen LogP contribution is -2.28. The number of benzene rings is 1. The quantitative estimate of drug-likeness (QED) is 0.765. The summed E-state index contributed by atoms with van der Waals surface area (Å²) in [5.41, 5.74) is 1.78. The molecule has 0 saturated carbocycles. The van der Waals surface area contributed by atoms with Gasteiger partial charge in [0.1, 0.15) is 6.54 Å². The average molecular weight is 354 g/mol. The highest BCUT2D eigenvalue weighted by Crippen LogP contribution is 2.18. The van der Waals surface area contributed by atoms with Gasteiger partial charge in [0.05, 0.1) is 6.61 Å². The second kappa shape index (κ2) is 7.64. The molecule has 0 bridgehead atoms. The third-order valence-corrected chi connectivity index (χ3v) is 3.80. The Morgan fingerprint density at radius 2 is 2.04 bits per heavy atom. The molecular weight excluding hydrogens is 336 g/mol. The van der Waals surface area contributed by atoms with Crippen LogP contribution in [-0.4, -0.2) is 36.0 Å². The number of imide groups is 1. The van der Waals surface area contributed by atoms with Gasteiger partial charge in [-0.2, -0.15) is 0 Å². The van der Waals surface area contributed by atoms with E-state index in [0.717, 1.165) is 5.56 Å². The van der Waals surface area contributed by atoms with Gasteiger partial charge in [-0.25, -0.2) is 9.78 Å². The van der Waals surface area contributed by atoms with Gasteiger partial charge in [0.25, 0.3) is 5.91 Å². The molecule has 0 radical (unpaired) electrons. The summed E-state index contributed by atoms with van der Waals surface area (Å²) in [5.74, 6) is -0.112. The molecule has 1 aliphatic heterocycles. The second-order valence-electron chi connectivity index (χ2n) is 5.57. The molecule has 2 aromatic rings. The molecule has 2 heterocycles. The Kier molecular flexibility index (Phi) is 5.12. The summed E-state index contributed by atoms with van der Waals surface area (Å²) in [5, 5.41) is 5.02. The van der Waals surface area contributed by atoms with Crippen molar-refractivity contribution in [1.29, 1.82) is 0 Å². The predicted molar refractivity (Wildman–Crippen MR) is 93.9 cm³/mol. The molecule has 1 fully saturated rings. The summed E-state index contributed by atoms with van der Waals surface area (Å²) in [6, 6.07) is 9.62. The van der Waals surface area contributed by atoms with Gasteiger partial charge in [0, 0.05) is 29.6 Å². The van der Waals surface area contributed by atoms with Gasteiger partial charge in [-0.15, -0.1) is 0 Å². The number of nitrogens with zero attached hydrogens (tertiary/aromatic N) is 2. The minimum Gasteiger partial charge on any atom is -0.478 e.